The van der Waals surface area contributed by atoms with Crippen molar-refractivity contribution in [3.63, 3.8) is 0 Å². The zero-order valence-corrected chi connectivity index (χ0v) is 10.8. The number of thiophene rings is 1. The van der Waals surface area contributed by atoms with E-state index in [1.54, 1.807) is 25.2 Å². The highest BCUT2D eigenvalue weighted by atomic mass is 32.1. The van der Waals surface area contributed by atoms with E-state index in [0.29, 0.717) is 12.8 Å². The Morgan fingerprint density at radius 3 is 2.65 bits per heavy atom. The van der Waals surface area contributed by atoms with Gasteiger partial charge < -0.3 is 10.4 Å². The van der Waals surface area contributed by atoms with Gasteiger partial charge in [0.1, 0.15) is 6.04 Å². The summed E-state index contributed by atoms with van der Waals surface area (Å²) in [6.45, 7) is 3.55. The van der Waals surface area contributed by atoms with E-state index < -0.39 is 12.0 Å². The molecule has 2 N–H and O–H groups in total. The van der Waals surface area contributed by atoms with Crippen molar-refractivity contribution in [1.29, 1.82) is 0 Å². The van der Waals surface area contributed by atoms with Gasteiger partial charge >= 0.3 is 5.97 Å². The number of carbonyl (C=O) groups excluding carboxylic acids is 1. The number of carbonyl (C=O) groups is 2. The van der Waals surface area contributed by atoms with Crippen molar-refractivity contribution < 1.29 is 14.7 Å². The molecule has 1 atom stereocenters. The molecule has 0 saturated carbocycles. The summed E-state index contributed by atoms with van der Waals surface area (Å²) < 4.78 is 0. The zero-order valence-electron chi connectivity index (χ0n) is 9.97. The lowest BCUT2D eigenvalue weighted by atomic mass is 10.0. The molecule has 1 rings (SSSR count). The number of nitrogens with one attached hydrogen (secondary N) is 1. The number of hydrogen-bond acceptors (Lipinski definition) is 3. The maximum atomic E-state index is 11.6. The lowest BCUT2D eigenvalue weighted by Crippen LogP contribution is -2.44. The van der Waals surface area contributed by atoms with Gasteiger partial charge in [-0.3, -0.25) is 4.79 Å². The number of amides is 1. The largest absolute Gasteiger partial charge is 0.480 e. The van der Waals surface area contributed by atoms with Crippen LogP contribution in [0.1, 0.15) is 25.8 Å². The molecule has 0 aliphatic heterocycles. The van der Waals surface area contributed by atoms with Gasteiger partial charge in [-0.2, -0.15) is 11.3 Å². The average molecular weight is 255 g/mol. The van der Waals surface area contributed by atoms with Gasteiger partial charge in [-0.05, 0) is 34.7 Å². The van der Waals surface area contributed by atoms with Crippen LogP contribution < -0.4 is 5.32 Å². The van der Waals surface area contributed by atoms with E-state index in [2.05, 4.69) is 5.32 Å². The van der Waals surface area contributed by atoms with Crippen LogP contribution in [0.2, 0.25) is 0 Å². The summed E-state index contributed by atoms with van der Waals surface area (Å²) in [5.74, 6) is -1.31. The fraction of sp³-hybridized carbons (Fsp3) is 0.500. The Labute approximate surface area is 105 Å². The van der Waals surface area contributed by atoms with Crippen LogP contribution >= 0.6 is 11.3 Å². The summed E-state index contributed by atoms with van der Waals surface area (Å²) in [6.07, 6.45) is 0.979. The van der Waals surface area contributed by atoms with Gasteiger partial charge in [-0.25, -0.2) is 4.79 Å². The Balaban J connectivity index is 2.40. The molecule has 1 aromatic heterocycles. The molecule has 0 aliphatic carbocycles. The first kappa shape index (κ1) is 13.7. The molecule has 0 aliphatic rings. The Morgan fingerprint density at radius 2 is 2.18 bits per heavy atom. The van der Waals surface area contributed by atoms with Crippen molar-refractivity contribution in [3.05, 3.63) is 22.4 Å². The third-order valence-corrected chi connectivity index (χ3v) is 3.20. The van der Waals surface area contributed by atoms with Gasteiger partial charge in [0.25, 0.3) is 0 Å². The molecule has 0 aromatic carbocycles. The summed E-state index contributed by atoms with van der Waals surface area (Å²) in [6, 6.07) is 1.17. The fourth-order valence-corrected chi connectivity index (χ4v) is 2.16. The van der Waals surface area contributed by atoms with E-state index in [4.69, 9.17) is 5.11 Å². The number of aliphatic carboxylic acids is 1. The first-order chi connectivity index (χ1) is 8.00. The minimum absolute atomic E-state index is 0.113. The second-order valence-electron chi connectivity index (χ2n) is 4.26. The van der Waals surface area contributed by atoms with Crippen LogP contribution in [0.15, 0.2) is 16.8 Å². The maximum absolute atomic E-state index is 11.6. The SMILES string of the molecule is CC(C)[C@@H](NC(=O)CCc1ccsc1)C(=O)O. The van der Waals surface area contributed by atoms with E-state index in [1.165, 1.54) is 0 Å². The Hall–Kier alpha value is -1.36. The predicted molar refractivity (Wildman–Crippen MR) is 67.0 cm³/mol. The summed E-state index contributed by atoms with van der Waals surface area (Å²) >= 11 is 1.59. The third-order valence-electron chi connectivity index (χ3n) is 2.47. The van der Waals surface area contributed by atoms with Gasteiger partial charge in [0.05, 0.1) is 0 Å². The molecule has 5 heteroatoms. The van der Waals surface area contributed by atoms with Crippen LogP contribution in [0.25, 0.3) is 0 Å². The second kappa shape index (κ2) is 6.39. The lowest BCUT2D eigenvalue weighted by molar-refractivity contribution is -0.143. The van der Waals surface area contributed by atoms with Gasteiger partial charge in [-0.1, -0.05) is 13.8 Å². The van der Waals surface area contributed by atoms with Crippen LogP contribution in [-0.4, -0.2) is 23.0 Å². The van der Waals surface area contributed by atoms with Crippen molar-refractivity contribution in [3.8, 4) is 0 Å². The quantitative estimate of drug-likeness (QED) is 0.816. The van der Waals surface area contributed by atoms with Crippen LogP contribution in [0, 0.1) is 5.92 Å². The Kier molecular flexibility index (Phi) is 5.15. The summed E-state index contributed by atoms with van der Waals surface area (Å²) in [4.78, 5) is 22.5. The van der Waals surface area contributed by atoms with Crippen LogP contribution in [0.3, 0.4) is 0 Å². The second-order valence-corrected chi connectivity index (χ2v) is 5.04. The Bertz CT molecular complexity index is 373. The highest BCUT2D eigenvalue weighted by Gasteiger charge is 2.22. The molecular weight excluding hydrogens is 238 g/mol. The predicted octanol–water partition coefficient (Wildman–Crippen LogP) is 1.91. The van der Waals surface area contributed by atoms with E-state index in [9.17, 15) is 9.59 Å². The molecule has 0 fully saturated rings. The number of rotatable bonds is 6. The molecule has 0 bridgehead atoms. The summed E-state index contributed by atoms with van der Waals surface area (Å²) in [5, 5.41) is 15.4. The summed E-state index contributed by atoms with van der Waals surface area (Å²) in [5.41, 5.74) is 1.11. The topological polar surface area (TPSA) is 66.4 Å². The maximum Gasteiger partial charge on any atom is 0.326 e. The number of carboxylic acids is 1. The molecule has 0 saturated heterocycles. The van der Waals surface area contributed by atoms with Crippen LogP contribution in [0.5, 0.6) is 0 Å². The minimum atomic E-state index is -0.983. The molecule has 17 heavy (non-hydrogen) atoms. The minimum Gasteiger partial charge on any atom is -0.480 e. The first-order valence-electron chi connectivity index (χ1n) is 5.54. The van der Waals surface area contributed by atoms with E-state index >= 15 is 0 Å². The zero-order chi connectivity index (χ0) is 12.8. The lowest BCUT2D eigenvalue weighted by Gasteiger charge is -2.17. The van der Waals surface area contributed by atoms with Crippen molar-refractivity contribution in [2.24, 2.45) is 5.92 Å². The van der Waals surface area contributed by atoms with Crippen LogP contribution in [-0.2, 0) is 16.0 Å². The third kappa shape index (κ3) is 4.56. The molecule has 1 heterocycles. The highest BCUT2D eigenvalue weighted by Crippen LogP contribution is 2.09. The van der Waals surface area contributed by atoms with Gasteiger partial charge in [0, 0.05) is 6.42 Å². The van der Waals surface area contributed by atoms with Crippen molar-refractivity contribution in [2.75, 3.05) is 0 Å². The van der Waals surface area contributed by atoms with Crippen molar-refractivity contribution in [2.45, 2.75) is 32.7 Å². The molecule has 4 nitrogen and oxygen atoms in total. The first-order valence-corrected chi connectivity index (χ1v) is 6.48. The number of aryl methyl sites for hydroxylation is 1. The molecule has 94 valence electrons. The van der Waals surface area contributed by atoms with Crippen LogP contribution in [0.4, 0.5) is 0 Å². The number of hydrogen-bond donors (Lipinski definition) is 2. The van der Waals surface area contributed by atoms with Gasteiger partial charge in [-0.15, -0.1) is 0 Å². The normalized spacial score (nSPS) is 12.4. The van der Waals surface area contributed by atoms with Gasteiger partial charge in [0.2, 0.25) is 5.91 Å². The van der Waals surface area contributed by atoms with Crippen molar-refractivity contribution in [1.82, 2.24) is 5.32 Å². The molecule has 0 spiro atoms. The molecule has 0 radical (unpaired) electrons. The monoisotopic (exact) mass is 255 g/mol. The highest BCUT2D eigenvalue weighted by molar-refractivity contribution is 7.07. The average Bonchev–Trinajstić information content (AvgIpc) is 2.74. The van der Waals surface area contributed by atoms with E-state index in [-0.39, 0.29) is 11.8 Å². The Morgan fingerprint density at radius 1 is 1.47 bits per heavy atom. The van der Waals surface area contributed by atoms with Crippen molar-refractivity contribution >= 4 is 23.2 Å². The molecular formula is C12H17NO3S. The molecule has 0 unspecified atom stereocenters. The van der Waals surface area contributed by atoms with E-state index in [0.717, 1.165) is 5.56 Å². The molecule has 1 amide bonds. The van der Waals surface area contributed by atoms with Gasteiger partial charge in [0.15, 0.2) is 0 Å². The molecule has 1 aromatic rings. The fourth-order valence-electron chi connectivity index (χ4n) is 1.45. The number of carboxylic acid groups (broad SMARTS) is 1. The standard InChI is InChI=1S/C12H17NO3S/c1-8(2)11(12(15)16)13-10(14)4-3-9-5-6-17-7-9/h5-8,11H,3-4H2,1-2H3,(H,13,14)(H,15,16)/t11-/m1/s1. The summed E-state index contributed by atoms with van der Waals surface area (Å²) in [7, 11) is 0. The van der Waals surface area contributed by atoms with E-state index in [1.807, 2.05) is 16.8 Å². The smallest absolute Gasteiger partial charge is 0.326 e.